The summed E-state index contributed by atoms with van der Waals surface area (Å²) in [6.45, 7) is 2.33. The second-order valence-electron chi connectivity index (χ2n) is 5.24. The third kappa shape index (κ3) is 4.30. The van der Waals surface area contributed by atoms with Crippen molar-refractivity contribution in [2.45, 2.75) is 13.5 Å². The number of hydrogen-bond acceptors (Lipinski definition) is 6. The van der Waals surface area contributed by atoms with Crippen LogP contribution in [0.15, 0.2) is 47.1 Å². The highest BCUT2D eigenvalue weighted by Gasteiger charge is 2.10. The van der Waals surface area contributed by atoms with E-state index in [-0.39, 0.29) is 0 Å². The fourth-order valence-electron chi connectivity index (χ4n) is 2.10. The molecular weight excluding hydrogens is 338 g/mol. The zero-order valence-electron chi connectivity index (χ0n) is 13.8. The van der Waals surface area contributed by atoms with Gasteiger partial charge in [-0.1, -0.05) is 35.0 Å². The summed E-state index contributed by atoms with van der Waals surface area (Å²) in [5, 5.41) is 10.3. The van der Waals surface area contributed by atoms with E-state index in [1.165, 1.54) is 5.56 Å². The minimum absolute atomic E-state index is 0.305. The number of methoxy groups -OCH3 is 1. The van der Waals surface area contributed by atoms with Crippen molar-refractivity contribution in [1.82, 2.24) is 20.4 Å². The van der Waals surface area contributed by atoms with Gasteiger partial charge in [0.2, 0.25) is 11.7 Å². The molecule has 2 N–H and O–H groups in total. The van der Waals surface area contributed by atoms with Crippen LogP contribution in [0.3, 0.4) is 0 Å². The van der Waals surface area contributed by atoms with Crippen LogP contribution in [0.5, 0.6) is 5.75 Å². The molecule has 7 nitrogen and oxygen atoms in total. The Hall–Kier alpha value is -3.00. The van der Waals surface area contributed by atoms with E-state index in [0.29, 0.717) is 34.9 Å². The molecule has 3 aromatic rings. The summed E-state index contributed by atoms with van der Waals surface area (Å²) < 4.78 is 10.5. The number of ether oxygens (including phenoxy) is 1. The van der Waals surface area contributed by atoms with E-state index < -0.39 is 0 Å². The highest BCUT2D eigenvalue weighted by atomic mass is 32.1. The maximum absolute atomic E-state index is 5.25. The van der Waals surface area contributed by atoms with E-state index in [4.69, 9.17) is 21.5 Å². The molecule has 0 radical (unpaired) electrons. The summed E-state index contributed by atoms with van der Waals surface area (Å²) >= 11 is 5.25. The number of anilines is 1. The predicted octanol–water partition coefficient (Wildman–Crippen LogP) is 2.94. The van der Waals surface area contributed by atoms with Crippen LogP contribution in [0.25, 0.3) is 11.4 Å². The van der Waals surface area contributed by atoms with E-state index >= 15 is 0 Å². The molecule has 0 fully saturated rings. The minimum Gasteiger partial charge on any atom is -0.493 e. The van der Waals surface area contributed by atoms with Crippen LogP contribution in [0.2, 0.25) is 0 Å². The van der Waals surface area contributed by atoms with Gasteiger partial charge in [-0.2, -0.15) is 4.98 Å². The molecule has 2 heterocycles. The van der Waals surface area contributed by atoms with E-state index in [1.807, 2.05) is 31.2 Å². The first-order valence-electron chi connectivity index (χ1n) is 7.59. The molecule has 0 atom stereocenters. The molecule has 0 aliphatic heterocycles. The number of nitrogens with one attached hydrogen (secondary N) is 2. The van der Waals surface area contributed by atoms with E-state index in [2.05, 4.69) is 25.8 Å². The highest BCUT2D eigenvalue weighted by Crippen LogP contribution is 2.20. The summed E-state index contributed by atoms with van der Waals surface area (Å²) in [5.74, 6) is 2.12. The summed E-state index contributed by atoms with van der Waals surface area (Å²) in [5.41, 5.74) is 2.08. The standard InChI is InChI=1S/C17H17N5O2S/c1-11-5-7-12(8-6-11)15-20-14(24-22-15)10-19-17(25)21-16-13(23-2)4-3-9-18-16/h3-9H,10H2,1-2H3,(H2,18,19,21,25). The Morgan fingerprint density at radius 1 is 1.24 bits per heavy atom. The second-order valence-corrected chi connectivity index (χ2v) is 5.65. The molecule has 0 saturated heterocycles. The van der Waals surface area contributed by atoms with Crippen LogP contribution in [0, 0.1) is 6.92 Å². The van der Waals surface area contributed by atoms with Crippen molar-refractivity contribution in [1.29, 1.82) is 0 Å². The highest BCUT2D eigenvalue weighted by molar-refractivity contribution is 7.80. The summed E-state index contributed by atoms with van der Waals surface area (Å²) in [4.78, 5) is 8.54. The summed E-state index contributed by atoms with van der Waals surface area (Å²) in [7, 11) is 1.57. The lowest BCUT2D eigenvalue weighted by molar-refractivity contribution is 0.376. The van der Waals surface area contributed by atoms with Gasteiger partial charge in [0.1, 0.15) is 0 Å². The Bertz CT molecular complexity index is 863. The Balaban J connectivity index is 1.58. The van der Waals surface area contributed by atoms with Gasteiger partial charge in [0.15, 0.2) is 16.7 Å². The number of nitrogens with zero attached hydrogens (tertiary/aromatic N) is 3. The van der Waals surface area contributed by atoms with Crippen molar-refractivity contribution < 1.29 is 9.26 Å². The van der Waals surface area contributed by atoms with Gasteiger partial charge in [-0.25, -0.2) is 4.98 Å². The molecule has 0 aliphatic carbocycles. The first-order chi connectivity index (χ1) is 12.2. The Kier molecular flexibility index (Phi) is 5.20. The van der Waals surface area contributed by atoms with Crippen molar-refractivity contribution in [2.75, 3.05) is 12.4 Å². The van der Waals surface area contributed by atoms with Crippen LogP contribution >= 0.6 is 12.2 Å². The Morgan fingerprint density at radius 3 is 2.80 bits per heavy atom. The third-order valence-corrected chi connectivity index (χ3v) is 3.65. The maximum Gasteiger partial charge on any atom is 0.246 e. The number of hydrogen-bond donors (Lipinski definition) is 2. The average molecular weight is 355 g/mol. The fraction of sp³-hybridized carbons (Fsp3) is 0.176. The second kappa shape index (κ2) is 7.71. The fourth-order valence-corrected chi connectivity index (χ4v) is 2.27. The topological polar surface area (TPSA) is 85.1 Å². The molecule has 0 unspecified atom stereocenters. The number of aryl methyl sites for hydroxylation is 1. The molecule has 2 aromatic heterocycles. The molecule has 0 aliphatic rings. The lowest BCUT2D eigenvalue weighted by Crippen LogP contribution is -2.28. The van der Waals surface area contributed by atoms with E-state index in [9.17, 15) is 0 Å². The van der Waals surface area contributed by atoms with Gasteiger partial charge >= 0.3 is 0 Å². The monoisotopic (exact) mass is 355 g/mol. The molecule has 0 bridgehead atoms. The quantitative estimate of drug-likeness (QED) is 0.676. The minimum atomic E-state index is 0.305. The Labute approximate surface area is 150 Å². The Morgan fingerprint density at radius 2 is 2.04 bits per heavy atom. The normalized spacial score (nSPS) is 10.3. The van der Waals surface area contributed by atoms with Crippen molar-refractivity contribution in [3.8, 4) is 17.1 Å². The number of thiocarbonyl (C=S) groups is 1. The molecule has 25 heavy (non-hydrogen) atoms. The van der Waals surface area contributed by atoms with Gasteiger partial charge in [-0.05, 0) is 31.3 Å². The molecule has 0 saturated carbocycles. The van der Waals surface area contributed by atoms with Gasteiger partial charge < -0.3 is 19.9 Å². The number of pyridine rings is 1. The SMILES string of the molecule is COc1cccnc1NC(=S)NCc1nc(-c2ccc(C)cc2)no1. The molecule has 1 aromatic carbocycles. The maximum atomic E-state index is 5.25. The number of rotatable bonds is 5. The molecule has 0 amide bonds. The van der Waals surface area contributed by atoms with Gasteiger partial charge in [0.25, 0.3) is 0 Å². The predicted molar refractivity (Wildman–Crippen MR) is 98.3 cm³/mol. The summed E-state index contributed by atoms with van der Waals surface area (Å²) in [6, 6.07) is 11.5. The number of aromatic nitrogens is 3. The zero-order valence-corrected chi connectivity index (χ0v) is 14.6. The van der Waals surface area contributed by atoms with E-state index in [0.717, 1.165) is 5.56 Å². The van der Waals surface area contributed by atoms with Crippen LogP contribution in [-0.2, 0) is 6.54 Å². The van der Waals surface area contributed by atoms with Crippen LogP contribution in [0.1, 0.15) is 11.5 Å². The molecule has 128 valence electrons. The molecule has 0 spiro atoms. The molecule has 3 rings (SSSR count). The van der Waals surface area contributed by atoms with Gasteiger partial charge in [0.05, 0.1) is 13.7 Å². The van der Waals surface area contributed by atoms with Gasteiger partial charge in [-0.15, -0.1) is 0 Å². The number of benzene rings is 1. The lowest BCUT2D eigenvalue weighted by Gasteiger charge is -2.10. The van der Waals surface area contributed by atoms with Gasteiger partial charge in [0, 0.05) is 11.8 Å². The van der Waals surface area contributed by atoms with Crippen LogP contribution in [-0.4, -0.2) is 27.3 Å². The van der Waals surface area contributed by atoms with Crippen LogP contribution in [0.4, 0.5) is 5.82 Å². The third-order valence-electron chi connectivity index (χ3n) is 3.40. The van der Waals surface area contributed by atoms with Gasteiger partial charge in [-0.3, -0.25) is 0 Å². The van der Waals surface area contributed by atoms with Crippen molar-refractivity contribution in [2.24, 2.45) is 0 Å². The van der Waals surface area contributed by atoms with Crippen molar-refractivity contribution >= 4 is 23.1 Å². The van der Waals surface area contributed by atoms with Crippen molar-refractivity contribution in [3.63, 3.8) is 0 Å². The summed E-state index contributed by atoms with van der Waals surface area (Å²) in [6.07, 6.45) is 1.65. The zero-order chi connectivity index (χ0) is 17.6. The average Bonchev–Trinajstić information content (AvgIpc) is 3.10. The first kappa shape index (κ1) is 16.8. The first-order valence-corrected chi connectivity index (χ1v) is 8.00. The molecule has 8 heteroatoms. The molecular formula is C17H17N5O2S. The van der Waals surface area contributed by atoms with Crippen molar-refractivity contribution in [3.05, 3.63) is 54.0 Å². The smallest absolute Gasteiger partial charge is 0.246 e. The lowest BCUT2D eigenvalue weighted by atomic mass is 10.1. The largest absolute Gasteiger partial charge is 0.493 e. The van der Waals surface area contributed by atoms with E-state index in [1.54, 1.807) is 25.4 Å². The van der Waals surface area contributed by atoms with Crippen LogP contribution < -0.4 is 15.4 Å².